The summed E-state index contributed by atoms with van der Waals surface area (Å²) >= 11 is 0. The highest BCUT2D eigenvalue weighted by Gasteiger charge is 2.21. The van der Waals surface area contributed by atoms with Crippen LogP contribution in [0.5, 0.6) is 0 Å². The summed E-state index contributed by atoms with van der Waals surface area (Å²) < 4.78 is 0. The van der Waals surface area contributed by atoms with Gasteiger partial charge in [0.1, 0.15) is 5.78 Å². The smallest absolute Gasteiger partial charge is 0.132 e. The third-order valence-corrected chi connectivity index (χ3v) is 3.48. The van der Waals surface area contributed by atoms with Crippen LogP contribution in [0.2, 0.25) is 0 Å². The van der Waals surface area contributed by atoms with Gasteiger partial charge in [-0.1, -0.05) is 39.5 Å². The zero-order valence-corrected chi connectivity index (χ0v) is 9.01. The fourth-order valence-electron chi connectivity index (χ4n) is 2.35. The van der Waals surface area contributed by atoms with E-state index in [1.165, 1.54) is 25.7 Å². The summed E-state index contributed by atoms with van der Waals surface area (Å²) in [6.07, 6.45) is 8.22. The average molecular weight is 182 g/mol. The lowest BCUT2D eigenvalue weighted by Gasteiger charge is -2.28. The molecule has 1 fully saturated rings. The van der Waals surface area contributed by atoms with Crippen molar-refractivity contribution in [1.82, 2.24) is 0 Å². The molecule has 0 aromatic heterocycles. The average Bonchev–Trinajstić information content (AvgIpc) is 2.16. The Hall–Kier alpha value is -0.330. The molecule has 2 atom stereocenters. The van der Waals surface area contributed by atoms with Crippen LogP contribution in [0, 0.1) is 11.8 Å². The molecule has 1 nitrogen and oxygen atoms in total. The zero-order valence-electron chi connectivity index (χ0n) is 9.01. The van der Waals surface area contributed by atoms with E-state index in [0.29, 0.717) is 5.78 Å². The maximum atomic E-state index is 11.2. The summed E-state index contributed by atoms with van der Waals surface area (Å²) in [5.41, 5.74) is 0. The van der Waals surface area contributed by atoms with Crippen molar-refractivity contribution in [3.8, 4) is 0 Å². The predicted octanol–water partition coefficient (Wildman–Crippen LogP) is 3.57. The van der Waals surface area contributed by atoms with Crippen molar-refractivity contribution in [2.24, 2.45) is 11.8 Å². The Kier molecular flexibility index (Phi) is 4.47. The first-order valence-electron chi connectivity index (χ1n) is 5.75. The molecule has 1 heteroatoms. The largest absolute Gasteiger partial charge is 0.300 e. The summed E-state index contributed by atoms with van der Waals surface area (Å²) in [6.45, 7) is 4.31. The lowest BCUT2D eigenvalue weighted by molar-refractivity contribution is -0.119. The van der Waals surface area contributed by atoms with Crippen LogP contribution in [0.25, 0.3) is 0 Å². The summed E-state index contributed by atoms with van der Waals surface area (Å²) in [4.78, 5) is 11.2. The lowest BCUT2D eigenvalue weighted by atomic mass is 9.78. The number of carbonyl (C=O) groups is 1. The minimum atomic E-state index is 0.442. The van der Waals surface area contributed by atoms with E-state index in [1.54, 1.807) is 0 Å². The first-order chi connectivity index (χ1) is 6.24. The van der Waals surface area contributed by atoms with Crippen molar-refractivity contribution in [2.75, 3.05) is 0 Å². The summed E-state index contributed by atoms with van der Waals surface area (Å²) in [5.74, 6) is 2.14. The quantitative estimate of drug-likeness (QED) is 0.649. The molecular weight excluding hydrogens is 160 g/mol. The number of hydrogen-bond donors (Lipinski definition) is 0. The molecule has 0 saturated heterocycles. The highest BCUT2D eigenvalue weighted by Crippen LogP contribution is 2.32. The molecular formula is C12H22O. The normalized spacial score (nSPS) is 28.8. The Balaban J connectivity index is 2.22. The van der Waals surface area contributed by atoms with Crippen LogP contribution < -0.4 is 0 Å². The van der Waals surface area contributed by atoms with Crippen molar-refractivity contribution < 1.29 is 4.79 Å². The van der Waals surface area contributed by atoms with E-state index in [-0.39, 0.29) is 0 Å². The van der Waals surface area contributed by atoms with Crippen molar-refractivity contribution in [3.05, 3.63) is 0 Å². The first-order valence-corrected chi connectivity index (χ1v) is 5.75. The Morgan fingerprint density at radius 3 is 2.62 bits per heavy atom. The van der Waals surface area contributed by atoms with Gasteiger partial charge in [-0.25, -0.2) is 0 Å². The standard InChI is InChI=1S/C12H22O/c1-3-12(13)9-8-11-7-5-4-6-10(11)2/h10-11H,3-9H2,1-2H3/t10-,11+/m1/s1. The molecule has 1 aliphatic carbocycles. The Morgan fingerprint density at radius 2 is 2.00 bits per heavy atom. The van der Waals surface area contributed by atoms with Gasteiger partial charge in [0.25, 0.3) is 0 Å². The number of carbonyl (C=O) groups excluding carboxylic acids is 1. The molecule has 1 aliphatic rings. The molecule has 0 aliphatic heterocycles. The summed E-state index contributed by atoms with van der Waals surface area (Å²) in [7, 11) is 0. The molecule has 0 bridgehead atoms. The number of hydrogen-bond acceptors (Lipinski definition) is 1. The van der Waals surface area contributed by atoms with Crippen LogP contribution in [-0.2, 0) is 4.79 Å². The number of ketones is 1. The molecule has 0 radical (unpaired) electrons. The van der Waals surface area contributed by atoms with Crippen molar-refractivity contribution >= 4 is 5.78 Å². The monoisotopic (exact) mass is 182 g/mol. The second-order valence-electron chi connectivity index (χ2n) is 4.45. The van der Waals surface area contributed by atoms with Gasteiger partial charge in [-0.2, -0.15) is 0 Å². The number of rotatable bonds is 4. The van der Waals surface area contributed by atoms with E-state index in [1.807, 2.05) is 6.92 Å². The fourth-order valence-corrected chi connectivity index (χ4v) is 2.35. The van der Waals surface area contributed by atoms with Crippen LogP contribution in [0.4, 0.5) is 0 Å². The van der Waals surface area contributed by atoms with Gasteiger partial charge in [0.2, 0.25) is 0 Å². The van der Waals surface area contributed by atoms with Gasteiger partial charge >= 0.3 is 0 Å². The van der Waals surface area contributed by atoms with Crippen LogP contribution in [0.3, 0.4) is 0 Å². The molecule has 76 valence electrons. The number of Topliss-reactive ketones (excluding diaryl/α,β-unsaturated/α-hetero) is 1. The third-order valence-electron chi connectivity index (χ3n) is 3.48. The second-order valence-corrected chi connectivity index (χ2v) is 4.45. The predicted molar refractivity (Wildman–Crippen MR) is 55.7 cm³/mol. The molecule has 13 heavy (non-hydrogen) atoms. The molecule has 0 amide bonds. The van der Waals surface area contributed by atoms with Gasteiger partial charge in [0.05, 0.1) is 0 Å². The minimum absolute atomic E-state index is 0.442. The first kappa shape index (κ1) is 10.7. The molecule has 0 heterocycles. The van der Waals surface area contributed by atoms with Gasteiger partial charge in [0, 0.05) is 12.8 Å². The van der Waals surface area contributed by atoms with Gasteiger partial charge in [-0.05, 0) is 18.3 Å². The van der Waals surface area contributed by atoms with Crippen molar-refractivity contribution in [3.63, 3.8) is 0 Å². The topological polar surface area (TPSA) is 17.1 Å². The van der Waals surface area contributed by atoms with E-state index in [4.69, 9.17) is 0 Å². The van der Waals surface area contributed by atoms with Crippen LogP contribution in [0.1, 0.15) is 58.8 Å². The minimum Gasteiger partial charge on any atom is -0.300 e. The maximum Gasteiger partial charge on any atom is 0.132 e. The maximum absolute atomic E-state index is 11.2. The molecule has 0 aromatic rings. The van der Waals surface area contributed by atoms with Gasteiger partial charge in [-0.15, -0.1) is 0 Å². The molecule has 0 aromatic carbocycles. The summed E-state index contributed by atoms with van der Waals surface area (Å²) in [6, 6.07) is 0. The fraction of sp³-hybridized carbons (Fsp3) is 0.917. The van der Waals surface area contributed by atoms with E-state index >= 15 is 0 Å². The zero-order chi connectivity index (χ0) is 9.68. The van der Waals surface area contributed by atoms with E-state index in [0.717, 1.165) is 31.1 Å². The molecule has 0 unspecified atom stereocenters. The molecule has 0 N–H and O–H groups in total. The van der Waals surface area contributed by atoms with Crippen LogP contribution >= 0.6 is 0 Å². The van der Waals surface area contributed by atoms with Gasteiger partial charge in [0.15, 0.2) is 0 Å². The van der Waals surface area contributed by atoms with Gasteiger partial charge < -0.3 is 0 Å². The van der Waals surface area contributed by atoms with Crippen LogP contribution in [-0.4, -0.2) is 5.78 Å². The van der Waals surface area contributed by atoms with E-state index < -0.39 is 0 Å². The summed E-state index contributed by atoms with van der Waals surface area (Å²) in [5, 5.41) is 0. The second kappa shape index (κ2) is 5.41. The van der Waals surface area contributed by atoms with E-state index in [2.05, 4.69) is 6.92 Å². The SMILES string of the molecule is CCC(=O)CC[C@@H]1CCCC[C@H]1C. The van der Waals surface area contributed by atoms with Gasteiger partial charge in [-0.3, -0.25) is 4.79 Å². The van der Waals surface area contributed by atoms with Crippen LogP contribution in [0.15, 0.2) is 0 Å². The van der Waals surface area contributed by atoms with Crippen molar-refractivity contribution in [2.45, 2.75) is 58.8 Å². The Bertz CT molecular complexity index is 163. The Morgan fingerprint density at radius 1 is 1.31 bits per heavy atom. The highest BCUT2D eigenvalue weighted by molar-refractivity contribution is 5.77. The molecule has 1 rings (SSSR count). The van der Waals surface area contributed by atoms with Crippen molar-refractivity contribution in [1.29, 1.82) is 0 Å². The molecule has 0 spiro atoms. The molecule has 1 saturated carbocycles. The third kappa shape index (κ3) is 3.50. The lowest BCUT2D eigenvalue weighted by Crippen LogP contribution is -2.17. The van der Waals surface area contributed by atoms with E-state index in [9.17, 15) is 4.79 Å². The highest BCUT2D eigenvalue weighted by atomic mass is 16.1. The Labute approximate surface area is 81.9 Å².